The summed E-state index contributed by atoms with van der Waals surface area (Å²) in [4.78, 5) is 21.2. The van der Waals surface area contributed by atoms with Gasteiger partial charge in [-0.2, -0.15) is 5.10 Å². The number of hydrogen-bond acceptors (Lipinski definition) is 4. The summed E-state index contributed by atoms with van der Waals surface area (Å²) < 4.78 is 1.74. The highest BCUT2D eigenvalue weighted by atomic mass is 16.2. The number of unbranched alkanes of at least 4 members (excludes halogenated alkanes) is 2. The molecule has 0 saturated carbocycles. The number of amides is 1. The van der Waals surface area contributed by atoms with Crippen LogP contribution in [0.2, 0.25) is 0 Å². The number of aromatic nitrogens is 4. The predicted octanol–water partition coefficient (Wildman–Crippen LogP) is 5.15. The van der Waals surface area contributed by atoms with Crippen LogP contribution in [-0.2, 0) is 13.0 Å². The Morgan fingerprint density at radius 1 is 0.909 bits per heavy atom. The van der Waals surface area contributed by atoms with E-state index in [-0.39, 0.29) is 5.91 Å². The summed E-state index contributed by atoms with van der Waals surface area (Å²) in [5, 5.41) is 7.40. The Labute approximate surface area is 193 Å². The van der Waals surface area contributed by atoms with Gasteiger partial charge in [-0.25, -0.2) is 9.97 Å². The van der Waals surface area contributed by atoms with Crippen molar-refractivity contribution in [2.24, 2.45) is 0 Å². The van der Waals surface area contributed by atoms with Gasteiger partial charge in [0, 0.05) is 18.3 Å². The highest BCUT2D eigenvalue weighted by molar-refractivity contribution is 5.94. The Kier molecular flexibility index (Phi) is 5.98. The molecule has 0 spiro atoms. The van der Waals surface area contributed by atoms with E-state index in [2.05, 4.69) is 70.9 Å². The van der Waals surface area contributed by atoms with Gasteiger partial charge in [0.25, 0.3) is 5.91 Å². The number of carbonyl (C=O) groups is 1. The smallest absolute Gasteiger partial charge is 0.269 e. The van der Waals surface area contributed by atoms with Gasteiger partial charge in [0.2, 0.25) is 0 Å². The largest absolute Gasteiger partial charge is 0.349 e. The van der Waals surface area contributed by atoms with Gasteiger partial charge in [0.05, 0.1) is 12.2 Å². The van der Waals surface area contributed by atoms with Crippen molar-refractivity contribution in [3.63, 3.8) is 0 Å². The predicted molar refractivity (Wildman–Crippen MR) is 130 cm³/mol. The van der Waals surface area contributed by atoms with Crippen molar-refractivity contribution >= 4 is 5.91 Å². The molecule has 1 aliphatic rings. The molecule has 33 heavy (non-hydrogen) atoms. The normalized spacial score (nSPS) is 12.9. The van der Waals surface area contributed by atoms with Gasteiger partial charge in [-0.1, -0.05) is 68.3 Å². The van der Waals surface area contributed by atoms with Gasteiger partial charge in [0.1, 0.15) is 11.4 Å². The van der Waals surface area contributed by atoms with Crippen LogP contribution < -0.4 is 5.32 Å². The van der Waals surface area contributed by atoms with Crippen molar-refractivity contribution < 1.29 is 4.79 Å². The Balaban J connectivity index is 1.34. The molecule has 6 heteroatoms. The van der Waals surface area contributed by atoms with Crippen molar-refractivity contribution in [3.8, 4) is 33.9 Å². The molecule has 3 heterocycles. The molecular weight excluding hydrogens is 410 g/mol. The van der Waals surface area contributed by atoms with Gasteiger partial charge >= 0.3 is 0 Å². The first kappa shape index (κ1) is 21.1. The maximum Gasteiger partial charge on any atom is 0.269 e. The van der Waals surface area contributed by atoms with Crippen LogP contribution in [0.4, 0.5) is 0 Å². The molecule has 1 aliphatic heterocycles. The quantitative estimate of drug-likeness (QED) is 0.406. The van der Waals surface area contributed by atoms with Crippen molar-refractivity contribution in [2.45, 2.75) is 39.2 Å². The highest BCUT2D eigenvalue weighted by Gasteiger charge is 2.20. The number of carbonyl (C=O) groups excluding carboxylic acids is 1. The third-order valence-electron chi connectivity index (χ3n) is 6.04. The molecule has 5 rings (SSSR count). The van der Waals surface area contributed by atoms with Gasteiger partial charge < -0.3 is 5.32 Å². The fourth-order valence-corrected chi connectivity index (χ4v) is 4.16. The molecule has 0 aliphatic carbocycles. The molecular formula is C27H27N5O. The summed E-state index contributed by atoms with van der Waals surface area (Å²) in [5.41, 5.74) is 6.67. The van der Waals surface area contributed by atoms with E-state index < -0.39 is 0 Å². The minimum absolute atomic E-state index is 0.0983. The lowest BCUT2D eigenvalue weighted by Gasteiger charge is -2.13. The van der Waals surface area contributed by atoms with E-state index in [9.17, 15) is 4.79 Å². The first-order valence-corrected chi connectivity index (χ1v) is 11.6. The Bertz CT molecular complexity index is 1260. The van der Waals surface area contributed by atoms with Crippen molar-refractivity contribution in [1.82, 2.24) is 25.1 Å². The van der Waals surface area contributed by atoms with Crippen LogP contribution in [0.15, 0.2) is 66.9 Å². The lowest BCUT2D eigenvalue weighted by atomic mass is 10.0. The summed E-state index contributed by atoms with van der Waals surface area (Å²) in [5.74, 6) is 0.541. The minimum Gasteiger partial charge on any atom is -0.349 e. The summed E-state index contributed by atoms with van der Waals surface area (Å²) >= 11 is 0. The summed E-state index contributed by atoms with van der Waals surface area (Å²) in [6, 6.07) is 20.8. The van der Waals surface area contributed by atoms with E-state index in [0.29, 0.717) is 36.0 Å². The molecule has 4 aromatic rings. The van der Waals surface area contributed by atoms with E-state index in [0.717, 1.165) is 12.0 Å². The van der Waals surface area contributed by atoms with Crippen LogP contribution >= 0.6 is 0 Å². The summed E-state index contributed by atoms with van der Waals surface area (Å²) in [6.07, 6.45) is 6.66. The molecule has 0 fully saturated rings. The number of benzene rings is 2. The van der Waals surface area contributed by atoms with Crippen LogP contribution in [0, 0.1) is 0 Å². The SMILES string of the molecule is CCCCCc1ccc(-c2ccc(-c3nccc(-c4cc5n(n4)CCNC5=O)n3)cc2)cc1. The first-order chi connectivity index (χ1) is 16.2. The van der Waals surface area contributed by atoms with Crippen LogP contribution in [0.3, 0.4) is 0 Å². The van der Waals surface area contributed by atoms with Crippen LogP contribution in [-0.4, -0.2) is 32.2 Å². The number of aryl methyl sites for hydroxylation is 1. The molecule has 2 aromatic carbocycles. The standard InChI is InChI=1S/C27H27N5O/c1-2-3-4-5-19-6-8-20(9-7-19)21-10-12-22(13-11-21)26-28-15-14-23(30-26)24-18-25-27(33)29-16-17-32(25)31-24/h6-15,18H,2-5,16-17H2,1H3,(H,29,33). The van der Waals surface area contributed by atoms with E-state index in [1.54, 1.807) is 16.9 Å². The maximum atomic E-state index is 12.0. The fraction of sp³-hybridized carbons (Fsp3) is 0.259. The van der Waals surface area contributed by atoms with Crippen LogP contribution in [0.1, 0.15) is 42.2 Å². The van der Waals surface area contributed by atoms with E-state index in [1.165, 1.54) is 36.0 Å². The molecule has 2 aromatic heterocycles. The van der Waals surface area contributed by atoms with Gasteiger partial charge in [-0.05, 0) is 41.7 Å². The Morgan fingerprint density at radius 2 is 1.64 bits per heavy atom. The first-order valence-electron chi connectivity index (χ1n) is 11.6. The van der Waals surface area contributed by atoms with Gasteiger partial charge in [0.15, 0.2) is 5.82 Å². The summed E-state index contributed by atoms with van der Waals surface area (Å²) in [6.45, 7) is 3.49. The minimum atomic E-state index is -0.0983. The third kappa shape index (κ3) is 4.55. The second kappa shape index (κ2) is 9.36. The third-order valence-corrected chi connectivity index (χ3v) is 6.04. The lowest BCUT2D eigenvalue weighted by Crippen LogP contribution is -2.35. The monoisotopic (exact) mass is 437 g/mol. The number of nitrogens with zero attached hydrogens (tertiary/aromatic N) is 4. The second-order valence-electron chi connectivity index (χ2n) is 8.39. The van der Waals surface area contributed by atoms with Crippen LogP contribution in [0.5, 0.6) is 0 Å². The van der Waals surface area contributed by atoms with Gasteiger partial charge in [-0.3, -0.25) is 9.48 Å². The van der Waals surface area contributed by atoms with E-state index >= 15 is 0 Å². The number of rotatable bonds is 7. The van der Waals surface area contributed by atoms with Gasteiger partial charge in [-0.15, -0.1) is 0 Å². The Morgan fingerprint density at radius 3 is 2.36 bits per heavy atom. The van der Waals surface area contributed by atoms with E-state index in [4.69, 9.17) is 4.98 Å². The average molecular weight is 438 g/mol. The topological polar surface area (TPSA) is 72.7 Å². The molecule has 0 bridgehead atoms. The highest BCUT2D eigenvalue weighted by Crippen LogP contribution is 2.25. The summed E-state index contributed by atoms with van der Waals surface area (Å²) in [7, 11) is 0. The zero-order valence-electron chi connectivity index (χ0n) is 18.8. The molecule has 1 N–H and O–H groups in total. The van der Waals surface area contributed by atoms with E-state index in [1.807, 2.05) is 6.07 Å². The molecule has 0 saturated heterocycles. The number of nitrogens with one attached hydrogen (secondary N) is 1. The average Bonchev–Trinajstić information content (AvgIpc) is 3.31. The van der Waals surface area contributed by atoms with Crippen molar-refractivity contribution in [2.75, 3.05) is 6.54 Å². The van der Waals surface area contributed by atoms with Crippen molar-refractivity contribution in [1.29, 1.82) is 0 Å². The molecule has 0 atom stereocenters. The Hall–Kier alpha value is -3.80. The lowest BCUT2D eigenvalue weighted by molar-refractivity contribution is 0.0924. The maximum absolute atomic E-state index is 12.0. The molecule has 166 valence electrons. The fourth-order valence-electron chi connectivity index (χ4n) is 4.16. The number of hydrogen-bond donors (Lipinski definition) is 1. The second-order valence-corrected chi connectivity index (χ2v) is 8.39. The molecule has 1 amide bonds. The van der Waals surface area contributed by atoms with Crippen molar-refractivity contribution in [3.05, 3.63) is 78.1 Å². The molecule has 6 nitrogen and oxygen atoms in total. The zero-order chi connectivity index (χ0) is 22.6. The number of fused-ring (bicyclic) bond motifs is 1. The van der Waals surface area contributed by atoms with Crippen LogP contribution in [0.25, 0.3) is 33.9 Å². The molecule has 0 unspecified atom stereocenters. The zero-order valence-corrected chi connectivity index (χ0v) is 18.8. The molecule has 0 radical (unpaired) electrons.